The fourth-order valence-corrected chi connectivity index (χ4v) is 1.23. The lowest BCUT2D eigenvalue weighted by molar-refractivity contribution is -0.0453. The molecule has 1 unspecified atom stereocenters. The minimum atomic E-state index is -1.46. The predicted molar refractivity (Wildman–Crippen MR) is 40.5 cm³/mol. The summed E-state index contributed by atoms with van der Waals surface area (Å²) >= 11 is 1.02. The minimum absolute atomic E-state index is 0.358. The van der Waals surface area contributed by atoms with Gasteiger partial charge in [0.1, 0.15) is 0 Å². The fourth-order valence-electron chi connectivity index (χ4n) is 0.644. The molecule has 0 rings (SSSR count). The van der Waals surface area contributed by atoms with Crippen LogP contribution in [-0.2, 0) is 0 Å². The van der Waals surface area contributed by atoms with Crippen molar-refractivity contribution in [2.45, 2.75) is 24.7 Å². The van der Waals surface area contributed by atoms with Crippen molar-refractivity contribution in [1.29, 1.82) is 0 Å². The molecule has 10 heavy (non-hydrogen) atoms. The summed E-state index contributed by atoms with van der Waals surface area (Å²) in [5.74, 6) is 0. The van der Waals surface area contributed by atoms with Gasteiger partial charge >= 0.3 is 0 Å². The van der Waals surface area contributed by atoms with Crippen LogP contribution in [0.3, 0.4) is 0 Å². The topological polar surface area (TPSA) is 60.7 Å². The van der Waals surface area contributed by atoms with Gasteiger partial charge in [-0.05, 0) is 12.7 Å². The van der Waals surface area contributed by atoms with Gasteiger partial charge in [0.25, 0.3) is 6.29 Å². The van der Waals surface area contributed by atoms with E-state index in [0.29, 0.717) is 12.8 Å². The smallest absolute Gasteiger partial charge is 0.262 e. The second-order valence-electron chi connectivity index (χ2n) is 2.06. The second kappa shape index (κ2) is 4.18. The van der Waals surface area contributed by atoms with Gasteiger partial charge in [-0.25, -0.2) is 0 Å². The molecule has 4 heteroatoms. The summed E-state index contributed by atoms with van der Waals surface area (Å²) < 4.78 is 0. The lowest BCUT2D eigenvalue weighted by Gasteiger charge is -2.25. The molecule has 0 spiro atoms. The van der Waals surface area contributed by atoms with Crippen molar-refractivity contribution < 1.29 is 15.3 Å². The van der Waals surface area contributed by atoms with E-state index in [2.05, 4.69) is 0 Å². The molecule has 0 heterocycles. The van der Waals surface area contributed by atoms with E-state index >= 15 is 0 Å². The molecular weight excluding hydrogens is 152 g/mol. The molecule has 0 aliphatic carbocycles. The number of thioether (sulfide) groups is 1. The normalized spacial score (nSPS) is 17.4. The van der Waals surface area contributed by atoms with E-state index in [4.69, 9.17) is 10.2 Å². The largest absolute Gasteiger partial charge is 0.374 e. The Hall–Kier alpha value is 0.230. The lowest BCUT2D eigenvalue weighted by atomic mass is 10.2. The summed E-state index contributed by atoms with van der Waals surface area (Å²) in [4.78, 5) is -1.46. The van der Waals surface area contributed by atoms with E-state index in [1.54, 1.807) is 6.26 Å². The molecule has 1 radical (unpaired) electrons. The maximum atomic E-state index is 9.32. The van der Waals surface area contributed by atoms with Crippen LogP contribution in [0.25, 0.3) is 0 Å². The molecule has 61 valence electrons. The van der Waals surface area contributed by atoms with Gasteiger partial charge in [-0.15, -0.1) is 11.8 Å². The third kappa shape index (κ3) is 2.46. The van der Waals surface area contributed by atoms with Crippen LogP contribution in [0, 0.1) is 6.29 Å². The number of aliphatic hydroxyl groups is 3. The first-order valence-electron chi connectivity index (χ1n) is 3.09. The summed E-state index contributed by atoms with van der Waals surface area (Å²) in [6.07, 6.45) is 1.79. The Morgan fingerprint density at radius 3 is 2.10 bits per heavy atom. The van der Waals surface area contributed by atoms with E-state index in [9.17, 15) is 5.11 Å². The van der Waals surface area contributed by atoms with Crippen molar-refractivity contribution in [3.63, 3.8) is 0 Å². The Morgan fingerprint density at radius 2 is 2.00 bits per heavy atom. The highest BCUT2D eigenvalue weighted by Gasteiger charge is 2.34. The molecule has 0 saturated heterocycles. The van der Waals surface area contributed by atoms with Crippen molar-refractivity contribution >= 4 is 11.8 Å². The van der Waals surface area contributed by atoms with Gasteiger partial charge in [0.05, 0.1) is 0 Å². The first kappa shape index (κ1) is 10.2. The zero-order chi connectivity index (χ0) is 8.20. The second-order valence-corrected chi connectivity index (χ2v) is 3.15. The van der Waals surface area contributed by atoms with Crippen LogP contribution >= 0.6 is 11.8 Å². The van der Waals surface area contributed by atoms with Gasteiger partial charge in [0.2, 0.25) is 0 Å². The highest BCUT2D eigenvalue weighted by atomic mass is 32.2. The number of hydrogen-bond donors (Lipinski definition) is 3. The van der Waals surface area contributed by atoms with E-state index in [0.717, 1.165) is 11.8 Å². The maximum absolute atomic E-state index is 9.32. The molecule has 3 N–H and O–H groups in total. The van der Waals surface area contributed by atoms with Crippen molar-refractivity contribution in [3.05, 3.63) is 6.29 Å². The van der Waals surface area contributed by atoms with Crippen molar-refractivity contribution in [2.24, 2.45) is 0 Å². The van der Waals surface area contributed by atoms with E-state index in [1.165, 1.54) is 0 Å². The molecule has 0 bridgehead atoms. The quantitative estimate of drug-likeness (QED) is 0.545. The third-order valence-corrected chi connectivity index (χ3v) is 2.34. The molecule has 0 aromatic carbocycles. The molecule has 3 nitrogen and oxygen atoms in total. The Balaban J connectivity index is 3.94. The summed E-state index contributed by atoms with van der Waals surface area (Å²) in [6, 6.07) is 0. The Labute approximate surface area is 65.1 Å². The minimum Gasteiger partial charge on any atom is -0.374 e. The summed E-state index contributed by atoms with van der Waals surface area (Å²) in [5.41, 5.74) is 0. The van der Waals surface area contributed by atoms with Gasteiger partial charge in [0.15, 0.2) is 4.93 Å². The first-order valence-corrected chi connectivity index (χ1v) is 4.32. The molecule has 0 fully saturated rings. The summed E-state index contributed by atoms with van der Waals surface area (Å²) in [6.45, 7) is 1.87. The monoisotopic (exact) mass is 165 g/mol. The molecule has 0 aliphatic heterocycles. The van der Waals surface area contributed by atoms with Crippen LogP contribution < -0.4 is 0 Å². The van der Waals surface area contributed by atoms with Crippen LogP contribution in [0.4, 0.5) is 0 Å². The SMILES string of the molecule is CCCC(O)(SC)[C](O)O. The van der Waals surface area contributed by atoms with E-state index in [-0.39, 0.29) is 0 Å². The Bertz CT molecular complexity index is 97.0. The van der Waals surface area contributed by atoms with Crippen molar-refractivity contribution in [2.75, 3.05) is 6.26 Å². The van der Waals surface area contributed by atoms with Gasteiger partial charge < -0.3 is 15.3 Å². The van der Waals surface area contributed by atoms with Crippen LogP contribution in [0.5, 0.6) is 0 Å². The molecule has 0 aromatic heterocycles. The van der Waals surface area contributed by atoms with Crippen molar-refractivity contribution in [1.82, 2.24) is 0 Å². The van der Waals surface area contributed by atoms with E-state index < -0.39 is 11.2 Å². The molecule has 0 amide bonds. The molecular formula is C6H13O3S. The van der Waals surface area contributed by atoms with Gasteiger partial charge in [-0.3, -0.25) is 0 Å². The van der Waals surface area contributed by atoms with Crippen LogP contribution in [0.2, 0.25) is 0 Å². The summed E-state index contributed by atoms with van der Waals surface area (Å²) in [5, 5.41) is 26.5. The first-order chi connectivity index (χ1) is 4.56. The number of aliphatic hydroxyl groups excluding tert-OH is 1. The predicted octanol–water partition coefficient (Wildman–Crippen LogP) is 1.07. The van der Waals surface area contributed by atoms with Crippen LogP contribution in [0.15, 0.2) is 0 Å². The Morgan fingerprint density at radius 1 is 1.50 bits per heavy atom. The molecule has 0 aliphatic rings. The van der Waals surface area contributed by atoms with Crippen molar-refractivity contribution in [3.8, 4) is 0 Å². The van der Waals surface area contributed by atoms with Gasteiger partial charge in [0, 0.05) is 0 Å². The molecule has 0 aromatic rings. The fraction of sp³-hybridized carbons (Fsp3) is 0.833. The number of hydrogen-bond acceptors (Lipinski definition) is 4. The lowest BCUT2D eigenvalue weighted by Crippen LogP contribution is -2.31. The Kier molecular flexibility index (Phi) is 4.28. The maximum Gasteiger partial charge on any atom is 0.262 e. The van der Waals surface area contributed by atoms with Crippen LogP contribution in [-0.4, -0.2) is 26.5 Å². The average Bonchev–Trinajstić information content (AvgIpc) is 1.88. The van der Waals surface area contributed by atoms with Crippen LogP contribution in [0.1, 0.15) is 19.8 Å². The highest BCUT2D eigenvalue weighted by Crippen LogP contribution is 2.31. The molecule has 0 saturated carbocycles. The number of rotatable bonds is 4. The zero-order valence-electron chi connectivity index (χ0n) is 6.16. The average molecular weight is 165 g/mol. The third-order valence-electron chi connectivity index (χ3n) is 1.28. The highest BCUT2D eigenvalue weighted by molar-refractivity contribution is 7.99. The van der Waals surface area contributed by atoms with Gasteiger partial charge in [-0.1, -0.05) is 13.3 Å². The standard InChI is InChI=1S/C6H13O3S/c1-3-4-6(9,10-2)5(7)8/h7-9H,3-4H2,1-2H3. The summed E-state index contributed by atoms with van der Waals surface area (Å²) in [7, 11) is 0. The van der Waals surface area contributed by atoms with Gasteiger partial charge in [-0.2, -0.15) is 0 Å². The van der Waals surface area contributed by atoms with E-state index in [1.807, 2.05) is 6.92 Å². The zero-order valence-corrected chi connectivity index (χ0v) is 6.98. The molecule has 1 atom stereocenters.